The lowest BCUT2D eigenvalue weighted by Crippen LogP contribution is -2.55. The standard InChI is InChI=1S/C12H28N2O2/c1-6-7-13-12(3,10-15)9-14(4)11(2)8-16-5/h11,13,15H,6-10H2,1-5H3. The normalized spacial score (nSPS) is 17.4. The van der Waals surface area contributed by atoms with Crippen molar-refractivity contribution in [3.63, 3.8) is 0 Å². The first kappa shape index (κ1) is 15.8. The number of rotatable bonds is 9. The molecule has 0 aromatic rings. The Kier molecular flexibility index (Phi) is 7.93. The third-order valence-corrected chi connectivity index (χ3v) is 2.91. The Morgan fingerprint density at radius 2 is 2.12 bits per heavy atom. The van der Waals surface area contributed by atoms with Crippen LogP contribution in [0.4, 0.5) is 0 Å². The molecule has 0 saturated heterocycles. The molecule has 4 heteroatoms. The van der Waals surface area contributed by atoms with Gasteiger partial charge in [-0.05, 0) is 33.9 Å². The monoisotopic (exact) mass is 232 g/mol. The summed E-state index contributed by atoms with van der Waals surface area (Å²) in [6, 6.07) is 0.360. The van der Waals surface area contributed by atoms with E-state index in [1.165, 1.54) is 0 Å². The van der Waals surface area contributed by atoms with Crippen LogP contribution in [0, 0.1) is 0 Å². The van der Waals surface area contributed by atoms with E-state index in [1.54, 1.807) is 7.11 Å². The molecule has 0 aliphatic carbocycles. The summed E-state index contributed by atoms with van der Waals surface area (Å²) >= 11 is 0. The van der Waals surface area contributed by atoms with Gasteiger partial charge in [-0.1, -0.05) is 6.92 Å². The van der Waals surface area contributed by atoms with Gasteiger partial charge in [-0.3, -0.25) is 4.90 Å². The number of aliphatic hydroxyl groups excluding tert-OH is 1. The molecule has 0 bridgehead atoms. The number of nitrogens with one attached hydrogen (secondary N) is 1. The zero-order valence-electron chi connectivity index (χ0n) is 11.4. The molecule has 0 rings (SSSR count). The summed E-state index contributed by atoms with van der Waals surface area (Å²) < 4.78 is 5.13. The van der Waals surface area contributed by atoms with Gasteiger partial charge in [0, 0.05) is 19.7 Å². The van der Waals surface area contributed by atoms with Crippen molar-refractivity contribution >= 4 is 0 Å². The van der Waals surface area contributed by atoms with Gasteiger partial charge in [0.2, 0.25) is 0 Å². The highest BCUT2D eigenvalue weighted by Gasteiger charge is 2.25. The van der Waals surface area contributed by atoms with Crippen LogP contribution in [0.1, 0.15) is 27.2 Å². The summed E-state index contributed by atoms with van der Waals surface area (Å²) in [6.07, 6.45) is 1.08. The van der Waals surface area contributed by atoms with Crippen molar-refractivity contribution in [1.82, 2.24) is 10.2 Å². The molecule has 0 amide bonds. The third kappa shape index (κ3) is 5.80. The zero-order chi connectivity index (χ0) is 12.6. The van der Waals surface area contributed by atoms with E-state index in [2.05, 4.69) is 38.0 Å². The number of hydrogen-bond donors (Lipinski definition) is 2. The van der Waals surface area contributed by atoms with E-state index in [0.29, 0.717) is 12.6 Å². The minimum absolute atomic E-state index is 0.150. The first-order valence-electron chi connectivity index (χ1n) is 6.04. The molecule has 2 atom stereocenters. The lowest BCUT2D eigenvalue weighted by molar-refractivity contribution is 0.0762. The average Bonchev–Trinajstić information content (AvgIpc) is 2.26. The third-order valence-electron chi connectivity index (χ3n) is 2.91. The molecule has 2 N–H and O–H groups in total. The van der Waals surface area contributed by atoms with Crippen LogP contribution in [0.2, 0.25) is 0 Å². The van der Waals surface area contributed by atoms with E-state index in [0.717, 1.165) is 19.5 Å². The molecular formula is C12H28N2O2. The summed E-state index contributed by atoms with van der Waals surface area (Å²) in [6.45, 7) is 8.92. The molecule has 98 valence electrons. The molecule has 0 aliphatic heterocycles. The predicted molar refractivity (Wildman–Crippen MR) is 67.8 cm³/mol. The van der Waals surface area contributed by atoms with Gasteiger partial charge in [0.25, 0.3) is 0 Å². The molecule has 2 unspecified atom stereocenters. The van der Waals surface area contributed by atoms with E-state index in [9.17, 15) is 5.11 Å². The number of aliphatic hydroxyl groups is 1. The molecule has 16 heavy (non-hydrogen) atoms. The predicted octanol–water partition coefficient (Wildman–Crippen LogP) is 0.704. The quantitative estimate of drug-likeness (QED) is 0.614. The number of hydrogen-bond acceptors (Lipinski definition) is 4. The summed E-state index contributed by atoms with van der Waals surface area (Å²) in [7, 11) is 3.77. The van der Waals surface area contributed by atoms with E-state index >= 15 is 0 Å². The van der Waals surface area contributed by atoms with Gasteiger partial charge in [-0.25, -0.2) is 0 Å². The van der Waals surface area contributed by atoms with Crippen LogP contribution in [-0.4, -0.2) is 62.0 Å². The molecule has 0 saturated carbocycles. The van der Waals surface area contributed by atoms with Crippen LogP contribution < -0.4 is 5.32 Å². The highest BCUT2D eigenvalue weighted by molar-refractivity contribution is 4.86. The highest BCUT2D eigenvalue weighted by Crippen LogP contribution is 2.08. The van der Waals surface area contributed by atoms with Crippen LogP contribution in [0.3, 0.4) is 0 Å². The largest absolute Gasteiger partial charge is 0.394 e. The Morgan fingerprint density at radius 3 is 2.56 bits per heavy atom. The van der Waals surface area contributed by atoms with Crippen molar-refractivity contribution < 1.29 is 9.84 Å². The molecule has 0 aromatic heterocycles. The Labute approximate surface area is 100.0 Å². The van der Waals surface area contributed by atoms with Crippen molar-refractivity contribution in [3.8, 4) is 0 Å². The number of methoxy groups -OCH3 is 1. The first-order chi connectivity index (χ1) is 7.49. The second-order valence-corrected chi connectivity index (χ2v) is 4.87. The van der Waals surface area contributed by atoms with Gasteiger partial charge >= 0.3 is 0 Å². The SMILES string of the molecule is CCCNC(C)(CO)CN(C)C(C)COC. The van der Waals surface area contributed by atoms with Crippen LogP contribution >= 0.6 is 0 Å². The maximum Gasteiger partial charge on any atom is 0.0623 e. The zero-order valence-corrected chi connectivity index (χ0v) is 11.4. The van der Waals surface area contributed by atoms with Crippen LogP contribution in [0.25, 0.3) is 0 Å². The fraction of sp³-hybridized carbons (Fsp3) is 1.00. The van der Waals surface area contributed by atoms with Crippen molar-refractivity contribution in [2.24, 2.45) is 0 Å². The van der Waals surface area contributed by atoms with Crippen molar-refractivity contribution in [2.75, 3.05) is 40.5 Å². The summed E-state index contributed by atoms with van der Waals surface area (Å²) in [5, 5.41) is 12.8. The fourth-order valence-electron chi connectivity index (χ4n) is 1.66. The van der Waals surface area contributed by atoms with Crippen LogP contribution in [0.15, 0.2) is 0 Å². The Morgan fingerprint density at radius 1 is 1.50 bits per heavy atom. The molecule has 0 radical (unpaired) electrons. The van der Waals surface area contributed by atoms with E-state index in [4.69, 9.17) is 4.74 Å². The smallest absolute Gasteiger partial charge is 0.0623 e. The van der Waals surface area contributed by atoms with Gasteiger partial charge in [-0.15, -0.1) is 0 Å². The van der Waals surface area contributed by atoms with Gasteiger partial charge in [0.1, 0.15) is 0 Å². The fourth-order valence-corrected chi connectivity index (χ4v) is 1.66. The van der Waals surface area contributed by atoms with Crippen LogP contribution in [0.5, 0.6) is 0 Å². The molecule has 0 aliphatic rings. The van der Waals surface area contributed by atoms with Crippen LogP contribution in [-0.2, 0) is 4.74 Å². The highest BCUT2D eigenvalue weighted by atomic mass is 16.5. The number of ether oxygens (including phenoxy) is 1. The van der Waals surface area contributed by atoms with Crippen molar-refractivity contribution in [2.45, 2.75) is 38.8 Å². The Hall–Kier alpha value is -0.160. The van der Waals surface area contributed by atoms with E-state index < -0.39 is 0 Å². The molecule has 0 spiro atoms. The topological polar surface area (TPSA) is 44.7 Å². The van der Waals surface area contributed by atoms with Gasteiger partial charge in [0.15, 0.2) is 0 Å². The average molecular weight is 232 g/mol. The lowest BCUT2D eigenvalue weighted by Gasteiger charge is -2.35. The maximum atomic E-state index is 9.45. The minimum atomic E-state index is -0.229. The maximum absolute atomic E-state index is 9.45. The first-order valence-corrected chi connectivity index (χ1v) is 6.04. The summed E-state index contributed by atoms with van der Waals surface area (Å²) in [4.78, 5) is 2.21. The Balaban J connectivity index is 4.17. The molecule has 0 heterocycles. The second kappa shape index (κ2) is 8.01. The molecule has 0 aromatic carbocycles. The summed E-state index contributed by atoms with van der Waals surface area (Å²) in [5.74, 6) is 0. The molecular weight excluding hydrogens is 204 g/mol. The van der Waals surface area contributed by atoms with E-state index in [-0.39, 0.29) is 12.1 Å². The molecule has 0 fully saturated rings. The van der Waals surface area contributed by atoms with Gasteiger partial charge in [0.05, 0.1) is 18.8 Å². The summed E-state index contributed by atoms with van der Waals surface area (Å²) in [5.41, 5.74) is -0.229. The minimum Gasteiger partial charge on any atom is -0.394 e. The number of nitrogens with zero attached hydrogens (tertiary/aromatic N) is 1. The van der Waals surface area contributed by atoms with Gasteiger partial charge < -0.3 is 15.2 Å². The second-order valence-electron chi connectivity index (χ2n) is 4.87. The van der Waals surface area contributed by atoms with Crippen molar-refractivity contribution in [3.05, 3.63) is 0 Å². The molecule has 4 nitrogen and oxygen atoms in total. The van der Waals surface area contributed by atoms with Gasteiger partial charge in [-0.2, -0.15) is 0 Å². The number of likely N-dealkylation sites (N-methyl/N-ethyl adjacent to an activating group) is 1. The van der Waals surface area contributed by atoms with Crippen molar-refractivity contribution in [1.29, 1.82) is 0 Å². The lowest BCUT2D eigenvalue weighted by atomic mass is 10.0. The Bertz CT molecular complexity index is 178. The van der Waals surface area contributed by atoms with E-state index in [1.807, 2.05) is 0 Å².